The van der Waals surface area contributed by atoms with E-state index in [2.05, 4.69) is 39.4 Å². The van der Waals surface area contributed by atoms with Crippen LogP contribution in [0.4, 0.5) is 0 Å². The molecular formula is C14H19N5S. The van der Waals surface area contributed by atoms with E-state index in [1.165, 1.54) is 0 Å². The van der Waals surface area contributed by atoms with Gasteiger partial charge in [0, 0.05) is 29.7 Å². The van der Waals surface area contributed by atoms with Crippen LogP contribution in [0.25, 0.3) is 10.8 Å². The highest BCUT2D eigenvalue weighted by Crippen LogP contribution is 2.23. The second kappa shape index (κ2) is 5.03. The summed E-state index contributed by atoms with van der Waals surface area (Å²) >= 11 is 1.64. The normalized spacial score (nSPS) is 13.2. The van der Waals surface area contributed by atoms with Crippen LogP contribution < -0.4 is 5.73 Å². The zero-order chi connectivity index (χ0) is 14.3. The number of thiazole rings is 1. The van der Waals surface area contributed by atoms with E-state index in [0.29, 0.717) is 0 Å². The highest BCUT2D eigenvalue weighted by atomic mass is 32.1. The number of fused-ring (bicyclic) bond motifs is 1. The Hall–Kier alpha value is -1.66. The zero-order valence-electron chi connectivity index (χ0n) is 12.0. The molecule has 106 valence electrons. The number of nitrogens with zero attached hydrogens (tertiary/aromatic N) is 4. The van der Waals surface area contributed by atoms with Crippen molar-refractivity contribution in [1.82, 2.24) is 18.9 Å². The molecule has 3 aromatic heterocycles. The number of hydrogen-bond donors (Lipinski definition) is 1. The maximum absolute atomic E-state index is 6.15. The van der Waals surface area contributed by atoms with Crippen molar-refractivity contribution < 1.29 is 0 Å². The summed E-state index contributed by atoms with van der Waals surface area (Å²) in [6.45, 7) is 6.20. The minimum absolute atomic E-state index is 0.151. The summed E-state index contributed by atoms with van der Waals surface area (Å²) in [5.41, 5.74) is 9.48. The lowest BCUT2D eigenvalue weighted by Crippen LogP contribution is -2.23. The van der Waals surface area contributed by atoms with E-state index in [9.17, 15) is 0 Å². The summed E-state index contributed by atoms with van der Waals surface area (Å²) in [6, 6.07) is 0.151. The number of imidazole rings is 2. The first-order chi connectivity index (χ1) is 9.61. The molecule has 0 aliphatic rings. The third-order valence-electron chi connectivity index (χ3n) is 3.80. The van der Waals surface area contributed by atoms with Crippen LogP contribution >= 0.6 is 11.3 Å². The van der Waals surface area contributed by atoms with Gasteiger partial charge in [0.25, 0.3) is 0 Å². The van der Waals surface area contributed by atoms with Gasteiger partial charge in [0.05, 0.1) is 11.4 Å². The SMILES string of the molecule is CCC(N)Cc1c(-n2cnc(C)c2C)nc2sccn12. The van der Waals surface area contributed by atoms with Crippen molar-refractivity contribution in [3.63, 3.8) is 0 Å². The molecule has 0 radical (unpaired) electrons. The molecule has 3 rings (SSSR count). The third kappa shape index (κ3) is 2.05. The van der Waals surface area contributed by atoms with Gasteiger partial charge >= 0.3 is 0 Å². The first kappa shape index (κ1) is 13.3. The smallest absolute Gasteiger partial charge is 0.195 e. The monoisotopic (exact) mass is 289 g/mol. The predicted octanol–water partition coefficient (Wildman–Crippen LogP) is 2.48. The van der Waals surface area contributed by atoms with Crippen molar-refractivity contribution >= 4 is 16.3 Å². The Morgan fingerprint density at radius 1 is 1.40 bits per heavy atom. The van der Waals surface area contributed by atoms with Crippen LogP contribution in [0.1, 0.15) is 30.4 Å². The van der Waals surface area contributed by atoms with Crippen molar-refractivity contribution in [1.29, 1.82) is 0 Å². The Morgan fingerprint density at radius 2 is 2.20 bits per heavy atom. The highest BCUT2D eigenvalue weighted by molar-refractivity contribution is 7.15. The molecular weight excluding hydrogens is 270 g/mol. The van der Waals surface area contributed by atoms with Crippen LogP contribution in [0, 0.1) is 13.8 Å². The van der Waals surface area contributed by atoms with Crippen LogP contribution in [0.15, 0.2) is 17.9 Å². The molecule has 20 heavy (non-hydrogen) atoms. The summed E-state index contributed by atoms with van der Waals surface area (Å²) < 4.78 is 4.21. The van der Waals surface area contributed by atoms with E-state index in [1.54, 1.807) is 11.3 Å². The van der Waals surface area contributed by atoms with Crippen LogP contribution in [-0.4, -0.2) is 25.0 Å². The minimum atomic E-state index is 0.151. The third-order valence-corrected chi connectivity index (χ3v) is 4.56. The van der Waals surface area contributed by atoms with Crippen LogP contribution in [0.2, 0.25) is 0 Å². The van der Waals surface area contributed by atoms with E-state index in [1.807, 2.05) is 13.3 Å². The molecule has 0 saturated heterocycles. The van der Waals surface area contributed by atoms with Crippen molar-refractivity contribution in [3.05, 3.63) is 35.0 Å². The van der Waals surface area contributed by atoms with Gasteiger partial charge in [-0.15, -0.1) is 11.3 Å². The van der Waals surface area contributed by atoms with Gasteiger partial charge in [0.15, 0.2) is 10.8 Å². The van der Waals surface area contributed by atoms with Gasteiger partial charge in [0.1, 0.15) is 6.33 Å². The van der Waals surface area contributed by atoms with Gasteiger partial charge < -0.3 is 5.73 Å². The summed E-state index contributed by atoms with van der Waals surface area (Å²) in [5, 5.41) is 2.05. The summed E-state index contributed by atoms with van der Waals surface area (Å²) in [5.74, 6) is 0.957. The quantitative estimate of drug-likeness (QED) is 0.802. The average Bonchev–Trinajstić information content (AvgIpc) is 3.09. The number of aryl methyl sites for hydroxylation is 1. The summed E-state index contributed by atoms with van der Waals surface area (Å²) in [4.78, 5) is 10.1. The van der Waals surface area contributed by atoms with Crippen LogP contribution in [0.3, 0.4) is 0 Å². The Balaban J connectivity index is 2.16. The van der Waals surface area contributed by atoms with Crippen LogP contribution in [-0.2, 0) is 6.42 Å². The van der Waals surface area contributed by atoms with Crippen molar-refractivity contribution in [3.8, 4) is 5.82 Å². The van der Waals surface area contributed by atoms with E-state index < -0.39 is 0 Å². The molecule has 0 aliphatic carbocycles. The Labute approximate surface area is 122 Å². The first-order valence-electron chi connectivity index (χ1n) is 6.82. The van der Waals surface area contributed by atoms with Crippen molar-refractivity contribution in [2.24, 2.45) is 5.73 Å². The highest BCUT2D eigenvalue weighted by Gasteiger charge is 2.18. The second-order valence-electron chi connectivity index (χ2n) is 5.10. The molecule has 1 unspecified atom stereocenters. The number of rotatable bonds is 4. The maximum Gasteiger partial charge on any atom is 0.195 e. The molecule has 0 bridgehead atoms. The molecule has 5 nitrogen and oxygen atoms in total. The van der Waals surface area contributed by atoms with E-state index in [4.69, 9.17) is 10.7 Å². The van der Waals surface area contributed by atoms with Gasteiger partial charge in [-0.25, -0.2) is 9.97 Å². The summed E-state index contributed by atoms with van der Waals surface area (Å²) in [6.07, 6.45) is 5.69. The summed E-state index contributed by atoms with van der Waals surface area (Å²) in [7, 11) is 0. The van der Waals surface area contributed by atoms with Gasteiger partial charge in [-0.3, -0.25) is 8.97 Å². The van der Waals surface area contributed by atoms with E-state index in [0.717, 1.165) is 40.7 Å². The fraction of sp³-hybridized carbons (Fsp3) is 0.429. The van der Waals surface area contributed by atoms with Crippen molar-refractivity contribution in [2.75, 3.05) is 0 Å². The molecule has 0 aromatic carbocycles. The average molecular weight is 289 g/mol. The fourth-order valence-corrected chi connectivity index (χ4v) is 3.04. The standard InChI is InChI=1S/C14H19N5S/c1-4-11(15)7-12-13(17-14-18(12)5-6-20-14)19-8-16-9(2)10(19)3/h5-6,8,11H,4,7,15H2,1-3H3. The predicted molar refractivity (Wildman–Crippen MR) is 81.6 cm³/mol. The molecule has 0 aliphatic heterocycles. The fourth-order valence-electron chi connectivity index (χ4n) is 2.31. The molecule has 6 heteroatoms. The van der Waals surface area contributed by atoms with E-state index in [-0.39, 0.29) is 6.04 Å². The number of aromatic nitrogens is 4. The molecule has 3 aromatic rings. The molecule has 3 heterocycles. The Bertz CT molecular complexity index is 736. The molecule has 0 spiro atoms. The second-order valence-corrected chi connectivity index (χ2v) is 5.97. The number of hydrogen-bond acceptors (Lipinski definition) is 4. The minimum Gasteiger partial charge on any atom is -0.327 e. The van der Waals surface area contributed by atoms with E-state index >= 15 is 0 Å². The largest absolute Gasteiger partial charge is 0.327 e. The molecule has 2 N–H and O–H groups in total. The topological polar surface area (TPSA) is 61.1 Å². The van der Waals surface area contributed by atoms with Gasteiger partial charge in [0.2, 0.25) is 0 Å². The lowest BCUT2D eigenvalue weighted by molar-refractivity contribution is 0.631. The van der Waals surface area contributed by atoms with Gasteiger partial charge in [-0.1, -0.05) is 6.92 Å². The first-order valence-corrected chi connectivity index (χ1v) is 7.70. The van der Waals surface area contributed by atoms with Gasteiger partial charge in [-0.05, 0) is 20.3 Å². The van der Waals surface area contributed by atoms with Gasteiger partial charge in [-0.2, -0.15) is 0 Å². The lowest BCUT2D eigenvalue weighted by Gasteiger charge is -2.11. The molecule has 0 saturated carbocycles. The molecule has 0 fully saturated rings. The zero-order valence-corrected chi connectivity index (χ0v) is 12.8. The Kier molecular flexibility index (Phi) is 3.35. The lowest BCUT2D eigenvalue weighted by atomic mass is 10.1. The molecule has 1 atom stereocenters. The van der Waals surface area contributed by atoms with Crippen LogP contribution in [0.5, 0.6) is 0 Å². The van der Waals surface area contributed by atoms with Crippen molar-refractivity contribution in [2.45, 2.75) is 39.7 Å². The maximum atomic E-state index is 6.15. The Morgan fingerprint density at radius 3 is 2.85 bits per heavy atom. The molecule has 0 amide bonds. The number of nitrogens with two attached hydrogens (primary N) is 1.